The van der Waals surface area contributed by atoms with Gasteiger partial charge in [-0.3, -0.25) is 37.1 Å². The van der Waals surface area contributed by atoms with E-state index in [-0.39, 0.29) is 71.5 Å². The topological polar surface area (TPSA) is 378 Å². The molecular weight excluding hydrogens is 1220 g/mol. The molecule has 12 atom stereocenters. The molecule has 3 aliphatic heterocycles. The van der Waals surface area contributed by atoms with E-state index < -0.39 is 123 Å². The van der Waals surface area contributed by atoms with Crippen LogP contribution in [0.25, 0.3) is 33.5 Å². The molecule has 10 N–H and O–H groups in total. The standard InChI is InChI=1S/C53H58F2N14O14P2S2/c1-26(2)39(67-53(74)77-18-33-31-10-5-3-8-29(31)30-9-4-6-11-32(30)33)49(72)66-34(12-7-17-58-52(57)73)47(70)65-28-15-13-27(14-16-28)21-87-85(76)79-20-36-42(37(54)50(81-36)68-24-63-40-44(56)59-22-60-45(40)68)82-84(75,86)78-19-35-43(83-85)38(55)51(80-35)69-25-64-41-46(69)61-23-62-48(41)71/h3-6,8-11,13-16,22-26,33-39,42-43,50-51H,7,12,17-21H2,1-2H3,(H,65,70)(H,66,72)(H,67,74)(H,75,86)(H2,56,59,60)(H3,57,58,73)(H,61,62,71)/t34-,35+,36+,37+,38+,39-,42+,43+,50+,51+,84?,85?/m0/s1. The summed E-state index contributed by atoms with van der Waals surface area (Å²) in [6.07, 6.45) is -10.1. The molecule has 0 spiro atoms. The summed E-state index contributed by atoms with van der Waals surface area (Å²) in [4.78, 5) is 99.8. The number of H-pyrrole nitrogens is 1. The molecule has 5 amide bonds. The van der Waals surface area contributed by atoms with E-state index in [2.05, 4.69) is 51.2 Å². The summed E-state index contributed by atoms with van der Waals surface area (Å²) in [6, 6.07) is 18.8. The summed E-state index contributed by atoms with van der Waals surface area (Å²) in [5, 5.41) is 10.7. The van der Waals surface area contributed by atoms with Gasteiger partial charge in [-0.25, -0.2) is 47.9 Å². The van der Waals surface area contributed by atoms with E-state index in [1.165, 1.54) is 23.0 Å². The fraction of sp³-hybridized carbons (Fsp3) is 0.396. The minimum absolute atomic E-state index is 0.00226. The summed E-state index contributed by atoms with van der Waals surface area (Å²) in [5.74, 6) is -2.18. The molecule has 460 valence electrons. The van der Waals surface area contributed by atoms with Gasteiger partial charge in [0.1, 0.15) is 55.0 Å². The molecule has 0 bridgehead atoms. The number of carbonyl (C=O) groups excluding carboxylic acids is 4. The average molecular weight is 1280 g/mol. The lowest BCUT2D eigenvalue weighted by atomic mass is 9.98. The number of anilines is 2. The second-order valence-corrected chi connectivity index (χ2v) is 27.8. The fourth-order valence-electron chi connectivity index (χ4n) is 10.6. The highest BCUT2D eigenvalue weighted by Gasteiger charge is 2.55. The fourth-order valence-corrected chi connectivity index (χ4v) is 15.5. The van der Waals surface area contributed by atoms with E-state index in [4.69, 9.17) is 55.6 Å². The number of rotatable bonds is 17. The third-order valence-electron chi connectivity index (χ3n) is 14.9. The van der Waals surface area contributed by atoms with Gasteiger partial charge in [0, 0.05) is 23.9 Å². The number of urea groups is 1. The van der Waals surface area contributed by atoms with Gasteiger partial charge in [-0.05, 0) is 81.9 Å². The highest BCUT2D eigenvalue weighted by atomic mass is 32.7. The zero-order valence-corrected chi connectivity index (χ0v) is 49.5. The quantitative estimate of drug-likeness (QED) is 0.0411. The molecule has 28 nitrogen and oxygen atoms in total. The molecule has 0 saturated carbocycles. The van der Waals surface area contributed by atoms with Crippen molar-refractivity contribution < 1.29 is 69.7 Å². The van der Waals surface area contributed by atoms with Crippen LogP contribution in [-0.4, -0.2) is 143 Å². The van der Waals surface area contributed by atoms with E-state index in [1.54, 1.807) is 26.0 Å². The van der Waals surface area contributed by atoms with Gasteiger partial charge in [-0.2, -0.15) is 0 Å². The summed E-state index contributed by atoms with van der Waals surface area (Å²) in [7, 11) is 0. The monoisotopic (exact) mass is 1280 g/mol. The van der Waals surface area contributed by atoms with Crippen LogP contribution in [0.15, 0.2) is 103 Å². The average Bonchev–Trinajstić information content (AvgIpc) is 1.79. The van der Waals surface area contributed by atoms with Gasteiger partial charge in [0.15, 0.2) is 47.4 Å². The third kappa shape index (κ3) is 13.3. The molecule has 87 heavy (non-hydrogen) atoms. The number of alkyl carbamates (subject to hydrolysis) is 1. The number of fused-ring (bicyclic) bond motifs is 7. The Hall–Kier alpha value is -7.35. The van der Waals surface area contributed by atoms with Gasteiger partial charge in [-0.1, -0.05) is 74.5 Å². The van der Waals surface area contributed by atoms with Crippen molar-refractivity contribution in [2.45, 2.75) is 99.7 Å². The van der Waals surface area contributed by atoms with Crippen LogP contribution in [0.1, 0.15) is 61.8 Å². The van der Waals surface area contributed by atoms with Crippen LogP contribution in [0, 0.1) is 5.92 Å². The van der Waals surface area contributed by atoms with Crippen molar-refractivity contribution in [1.29, 1.82) is 0 Å². The zero-order valence-electron chi connectivity index (χ0n) is 46.1. The van der Waals surface area contributed by atoms with Crippen molar-refractivity contribution in [2.24, 2.45) is 11.7 Å². The number of imidazole rings is 2. The summed E-state index contributed by atoms with van der Waals surface area (Å²) in [5.41, 5.74) is 15.5. The molecule has 3 aromatic carbocycles. The Morgan fingerprint density at radius 3 is 2.11 bits per heavy atom. The van der Waals surface area contributed by atoms with Gasteiger partial charge in [-0.15, -0.1) is 0 Å². The Morgan fingerprint density at radius 2 is 1.46 bits per heavy atom. The summed E-state index contributed by atoms with van der Waals surface area (Å²) >= 11 is 5.94. The first-order valence-electron chi connectivity index (χ1n) is 27.2. The van der Waals surface area contributed by atoms with Gasteiger partial charge in [0.25, 0.3) is 5.56 Å². The van der Waals surface area contributed by atoms with Crippen molar-refractivity contribution in [3.05, 3.63) is 125 Å². The van der Waals surface area contributed by atoms with Crippen LogP contribution in [0.2, 0.25) is 0 Å². The number of aromatic nitrogens is 8. The molecule has 34 heteroatoms. The van der Waals surface area contributed by atoms with Gasteiger partial charge in [0.05, 0.1) is 32.2 Å². The van der Waals surface area contributed by atoms with E-state index in [1.807, 2.05) is 48.5 Å². The number of carbonyl (C=O) groups is 4. The lowest BCUT2D eigenvalue weighted by Gasteiger charge is -2.30. The number of nitrogen functional groups attached to an aromatic ring is 1. The number of alkyl halides is 2. The Kier molecular flexibility index (Phi) is 18.2. The number of hydrogen-bond acceptors (Lipinski definition) is 21. The van der Waals surface area contributed by atoms with Crippen molar-refractivity contribution in [3.63, 3.8) is 0 Å². The van der Waals surface area contributed by atoms with Crippen LogP contribution < -0.4 is 38.3 Å². The first-order valence-corrected chi connectivity index (χ1v) is 33.0. The molecule has 0 radical (unpaired) electrons. The normalized spacial score (nSPS) is 26.1. The lowest BCUT2D eigenvalue weighted by molar-refractivity contribution is -0.128. The maximum absolute atomic E-state index is 17.1. The third-order valence-corrected chi connectivity index (χ3v) is 20.1. The molecule has 7 aromatic rings. The number of hydrogen-bond donors (Lipinski definition) is 8. The first-order chi connectivity index (χ1) is 41.7. The molecule has 4 aliphatic rings. The SMILES string of the molecule is CC(C)[C@H](NC(=O)OCC1c2ccccc2-c2ccccc21)C(=O)N[C@@H](CCCNC(N)=O)C(=O)Nc1ccc(CSP2(=O)OC[C@H]3O[C@@H](n4cnc5c(N)ncnc54)[C@H](F)[C@@H]3OP(O)(=S)OC[C@H]3O[C@@H](n4cnc5c(=O)[nH]cnc54)[C@H](F)[C@@H]3O2)cc1. The largest absolute Gasteiger partial charge is 0.449 e. The highest BCUT2D eigenvalue weighted by Crippen LogP contribution is 2.65. The second-order valence-electron chi connectivity index (χ2n) is 21.0. The number of nitrogens with zero attached hydrogens (tertiary/aromatic N) is 7. The van der Waals surface area contributed by atoms with Crippen LogP contribution in [-0.2, 0) is 64.0 Å². The number of nitrogens with one attached hydrogen (secondary N) is 5. The summed E-state index contributed by atoms with van der Waals surface area (Å²) < 4.78 is 93.1. The van der Waals surface area contributed by atoms with Crippen LogP contribution in [0.4, 0.5) is 29.9 Å². The second kappa shape index (κ2) is 25.8. The predicted molar refractivity (Wildman–Crippen MR) is 313 cm³/mol. The van der Waals surface area contributed by atoms with Crippen molar-refractivity contribution in [2.75, 3.05) is 37.4 Å². The van der Waals surface area contributed by atoms with Crippen molar-refractivity contribution >= 4 is 94.5 Å². The first kappa shape index (κ1) is 61.3. The number of benzene rings is 3. The molecular formula is C53H58F2N14O14P2S2. The number of aromatic amines is 1. The Labute approximate surface area is 502 Å². The van der Waals surface area contributed by atoms with Crippen LogP contribution >= 0.6 is 24.9 Å². The highest BCUT2D eigenvalue weighted by molar-refractivity contribution is 8.54. The van der Waals surface area contributed by atoms with Crippen molar-refractivity contribution in [1.82, 2.24) is 55.0 Å². The summed E-state index contributed by atoms with van der Waals surface area (Å²) in [6.45, 7) is -7.13. The molecule has 7 heterocycles. The smallest absolute Gasteiger partial charge is 0.407 e. The van der Waals surface area contributed by atoms with Crippen LogP contribution in [0.3, 0.4) is 0 Å². The molecule has 1 aliphatic carbocycles. The molecule has 3 saturated heterocycles. The molecule has 4 aromatic heterocycles. The Morgan fingerprint density at radius 1 is 0.839 bits per heavy atom. The van der Waals surface area contributed by atoms with E-state index in [0.29, 0.717) is 16.9 Å². The van der Waals surface area contributed by atoms with Crippen LogP contribution in [0.5, 0.6) is 0 Å². The number of halogens is 2. The zero-order chi connectivity index (χ0) is 61.3. The number of amides is 5. The van der Waals surface area contributed by atoms with Gasteiger partial charge < -0.3 is 61.3 Å². The van der Waals surface area contributed by atoms with Crippen molar-refractivity contribution in [3.8, 4) is 11.1 Å². The Balaban J connectivity index is 0.787. The molecule has 2 unspecified atom stereocenters. The predicted octanol–water partition coefficient (Wildman–Crippen LogP) is 5.52. The minimum atomic E-state index is -4.69. The molecule has 11 rings (SSSR count). The van der Waals surface area contributed by atoms with Gasteiger partial charge in [0.2, 0.25) is 11.8 Å². The molecule has 3 fully saturated rings. The number of nitrogens with two attached hydrogens (primary N) is 2. The van der Waals surface area contributed by atoms with E-state index >= 15 is 13.3 Å². The Bertz CT molecular complexity index is 3840. The minimum Gasteiger partial charge on any atom is -0.449 e. The maximum atomic E-state index is 17.1. The van der Waals surface area contributed by atoms with E-state index in [0.717, 1.165) is 45.8 Å². The van der Waals surface area contributed by atoms with Gasteiger partial charge >= 0.3 is 25.6 Å². The number of primary amides is 1. The van der Waals surface area contributed by atoms with E-state index in [9.17, 15) is 28.9 Å². The lowest BCUT2D eigenvalue weighted by Crippen LogP contribution is -2.54. The number of ether oxygens (including phenoxy) is 3. The maximum Gasteiger partial charge on any atom is 0.407 e.